The van der Waals surface area contributed by atoms with Crippen LogP contribution in [0.5, 0.6) is 11.5 Å². The van der Waals surface area contributed by atoms with E-state index in [1.807, 2.05) is 24.3 Å². The lowest BCUT2D eigenvalue weighted by Gasteiger charge is -2.08. The van der Waals surface area contributed by atoms with E-state index in [4.69, 9.17) is 14.2 Å². The molecule has 0 fully saturated rings. The summed E-state index contributed by atoms with van der Waals surface area (Å²) in [4.78, 5) is 27.2. The predicted molar refractivity (Wildman–Crippen MR) is 103 cm³/mol. The fraction of sp³-hybridized carbons (Fsp3) is 0.158. The molecule has 1 heterocycles. The van der Waals surface area contributed by atoms with E-state index in [2.05, 4.69) is 4.98 Å². The molecular formula is C19H16N2O6S. The molecule has 144 valence electrons. The summed E-state index contributed by atoms with van der Waals surface area (Å²) in [6, 6.07) is 11.2. The second kappa shape index (κ2) is 8.49. The number of nitro groups is 1. The molecule has 0 aliphatic carbocycles. The SMILES string of the molecule is COc1ccc([N+](=O)[O-])cc1C(=O)OCc1csc(-c2ccccc2OC)n1. The van der Waals surface area contributed by atoms with Gasteiger partial charge >= 0.3 is 5.97 Å². The number of nitro benzene ring substituents is 1. The summed E-state index contributed by atoms with van der Waals surface area (Å²) in [6.07, 6.45) is 0. The summed E-state index contributed by atoms with van der Waals surface area (Å²) in [5.41, 5.74) is 1.16. The van der Waals surface area contributed by atoms with Crippen LogP contribution in [0.25, 0.3) is 10.6 Å². The van der Waals surface area contributed by atoms with Crippen LogP contribution in [0.2, 0.25) is 0 Å². The van der Waals surface area contributed by atoms with E-state index in [0.29, 0.717) is 11.4 Å². The second-order valence-corrected chi connectivity index (χ2v) is 6.42. The van der Waals surface area contributed by atoms with Crippen molar-refractivity contribution in [2.24, 2.45) is 0 Å². The Morgan fingerprint density at radius 3 is 2.61 bits per heavy atom. The summed E-state index contributed by atoms with van der Waals surface area (Å²) in [5.74, 6) is 0.165. The van der Waals surface area contributed by atoms with Crippen molar-refractivity contribution in [3.8, 4) is 22.1 Å². The Balaban J connectivity index is 1.75. The third kappa shape index (κ3) is 4.09. The Morgan fingerprint density at radius 2 is 1.89 bits per heavy atom. The molecule has 3 rings (SSSR count). The largest absolute Gasteiger partial charge is 0.496 e. The number of thiazole rings is 1. The Hall–Kier alpha value is -3.46. The molecule has 0 atom stereocenters. The number of hydrogen-bond acceptors (Lipinski definition) is 8. The summed E-state index contributed by atoms with van der Waals surface area (Å²) in [5, 5.41) is 13.4. The van der Waals surface area contributed by atoms with Crippen LogP contribution in [0.15, 0.2) is 47.8 Å². The molecule has 0 unspecified atom stereocenters. The molecule has 0 amide bonds. The normalized spacial score (nSPS) is 10.4. The zero-order chi connectivity index (χ0) is 20.1. The molecule has 2 aromatic carbocycles. The number of hydrogen-bond donors (Lipinski definition) is 0. The minimum absolute atomic E-state index is 0.0168. The first-order chi connectivity index (χ1) is 13.5. The number of rotatable bonds is 7. The lowest BCUT2D eigenvalue weighted by atomic mass is 10.2. The van der Waals surface area contributed by atoms with Gasteiger partial charge in [0.15, 0.2) is 0 Å². The van der Waals surface area contributed by atoms with Gasteiger partial charge in [-0.2, -0.15) is 0 Å². The van der Waals surface area contributed by atoms with E-state index >= 15 is 0 Å². The first kappa shape index (κ1) is 19.3. The van der Waals surface area contributed by atoms with Crippen LogP contribution in [0.1, 0.15) is 16.1 Å². The van der Waals surface area contributed by atoms with Gasteiger partial charge in [-0.05, 0) is 18.2 Å². The number of carbonyl (C=O) groups excluding carboxylic acids is 1. The molecule has 0 radical (unpaired) electrons. The number of para-hydroxylation sites is 1. The average molecular weight is 400 g/mol. The summed E-state index contributed by atoms with van der Waals surface area (Å²) < 4.78 is 15.7. The summed E-state index contributed by atoms with van der Waals surface area (Å²) in [6.45, 7) is -0.0731. The van der Waals surface area contributed by atoms with Crippen molar-refractivity contribution in [1.29, 1.82) is 0 Å². The lowest BCUT2D eigenvalue weighted by molar-refractivity contribution is -0.384. The zero-order valence-electron chi connectivity index (χ0n) is 15.1. The van der Waals surface area contributed by atoms with Crippen LogP contribution in [0.3, 0.4) is 0 Å². The molecule has 3 aromatic rings. The molecule has 0 saturated heterocycles. The van der Waals surface area contributed by atoms with Gasteiger partial charge in [-0.15, -0.1) is 11.3 Å². The molecule has 8 nitrogen and oxygen atoms in total. The van der Waals surface area contributed by atoms with Crippen molar-refractivity contribution in [2.75, 3.05) is 14.2 Å². The number of benzene rings is 2. The standard InChI is InChI=1S/C19H16N2O6S/c1-25-16-6-4-3-5-14(16)18-20-12(11-28-18)10-27-19(22)15-9-13(21(23)24)7-8-17(15)26-2/h3-9,11H,10H2,1-2H3. The number of esters is 1. The van der Waals surface area contributed by atoms with Crippen molar-refractivity contribution in [2.45, 2.75) is 6.61 Å². The zero-order valence-corrected chi connectivity index (χ0v) is 15.9. The summed E-state index contributed by atoms with van der Waals surface area (Å²) in [7, 11) is 2.96. The highest BCUT2D eigenvalue weighted by atomic mass is 32.1. The van der Waals surface area contributed by atoms with Gasteiger partial charge in [-0.25, -0.2) is 9.78 Å². The minimum Gasteiger partial charge on any atom is -0.496 e. The Kier molecular flexibility index (Phi) is 5.85. The van der Waals surface area contributed by atoms with Crippen molar-refractivity contribution in [3.63, 3.8) is 0 Å². The molecule has 0 spiro atoms. The van der Waals surface area contributed by atoms with Gasteiger partial charge < -0.3 is 14.2 Å². The fourth-order valence-corrected chi connectivity index (χ4v) is 3.34. The van der Waals surface area contributed by atoms with Gasteiger partial charge in [0.25, 0.3) is 5.69 Å². The summed E-state index contributed by atoms with van der Waals surface area (Å²) >= 11 is 1.40. The van der Waals surface area contributed by atoms with E-state index in [1.54, 1.807) is 12.5 Å². The van der Waals surface area contributed by atoms with Gasteiger partial charge in [-0.3, -0.25) is 10.1 Å². The first-order valence-corrected chi connectivity index (χ1v) is 8.98. The molecule has 0 bridgehead atoms. The molecule has 0 N–H and O–H groups in total. The topological polar surface area (TPSA) is 101 Å². The second-order valence-electron chi connectivity index (χ2n) is 5.56. The number of carbonyl (C=O) groups is 1. The van der Waals surface area contributed by atoms with Crippen LogP contribution >= 0.6 is 11.3 Å². The number of methoxy groups -OCH3 is 2. The minimum atomic E-state index is -0.729. The lowest BCUT2D eigenvalue weighted by Crippen LogP contribution is -2.08. The highest BCUT2D eigenvalue weighted by molar-refractivity contribution is 7.13. The highest BCUT2D eigenvalue weighted by Crippen LogP contribution is 2.32. The molecule has 1 aromatic heterocycles. The van der Waals surface area contributed by atoms with Crippen molar-refractivity contribution >= 4 is 23.0 Å². The van der Waals surface area contributed by atoms with Crippen LogP contribution in [0, 0.1) is 10.1 Å². The average Bonchev–Trinajstić information content (AvgIpc) is 3.20. The van der Waals surface area contributed by atoms with Gasteiger partial charge in [0.2, 0.25) is 0 Å². The van der Waals surface area contributed by atoms with Gasteiger partial charge in [0.1, 0.15) is 28.7 Å². The van der Waals surface area contributed by atoms with Crippen molar-refractivity contribution in [1.82, 2.24) is 4.98 Å². The maximum absolute atomic E-state index is 12.4. The first-order valence-electron chi connectivity index (χ1n) is 8.11. The maximum Gasteiger partial charge on any atom is 0.342 e. The van der Waals surface area contributed by atoms with E-state index in [-0.39, 0.29) is 23.6 Å². The van der Waals surface area contributed by atoms with E-state index in [9.17, 15) is 14.9 Å². The molecule has 28 heavy (non-hydrogen) atoms. The van der Waals surface area contributed by atoms with Crippen LogP contribution in [-0.2, 0) is 11.3 Å². The quantitative estimate of drug-likeness (QED) is 0.334. The molecule has 0 aliphatic heterocycles. The van der Waals surface area contributed by atoms with E-state index in [1.165, 1.54) is 30.6 Å². The van der Waals surface area contributed by atoms with Crippen LogP contribution < -0.4 is 9.47 Å². The third-order valence-electron chi connectivity index (χ3n) is 3.85. The predicted octanol–water partition coefficient (Wildman–Crippen LogP) is 4.09. The molecule has 0 saturated carbocycles. The number of ether oxygens (including phenoxy) is 3. The molecule has 0 aliphatic rings. The smallest absolute Gasteiger partial charge is 0.342 e. The fourth-order valence-electron chi connectivity index (χ4n) is 2.50. The number of aromatic nitrogens is 1. The Morgan fingerprint density at radius 1 is 1.14 bits per heavy atom. The monoisotopic (exact) mass is 400 g/mol. The number of non-ortho nitro benzene ring substituents is 1. The van der Waals surface area contributed by atoms with Gasteiger partial charge in [-0.1, -0.05) is 12.1 Å². The maximum atomic E-state index is 12.4. The Labute approximate surface area is 164 Å². The van der Waals surface area contributed by atoms with Crippen LogP contribution in [0.4, 0.5) is 5.69 Å². The van der Waals surface area contributed by atoms with Crippen LogP contribution in [-0.4, -0.2) is 30.1 Å². The molecular weight excluding hydrogens is 384 g/mol. The molecule has 9 heteroatoms. The Bertz CT molecular complexity index is 1020. The van der Waals surface area contributed by atoms with E-state index < -0.39 is 10.9 Å². The van der Waals surface area contributed by atoms with E-state index in [0.717, 1.165) is 16.6 Å². The van der Waals surface area contributed by atoms with Gasteiger partial charge in [0.05, 0.1) is 30.4 Å². The number of nitrogens with zero attached hydrogens (tertiary/aromatic N) is 2. The highest BCUT2D eigenvalue weighted by Gasteiger charge is 2.19. The van der Waals surface area contributed by atoms with Crippen molar-refractivity contribution in [3.05, 3.63) is 69.2 Å². The van der Waals surface area contributed by atoms with Gasteiger partial charge in [0, 0.05) is 17.5 Å². The van der Waals surface area contributed by atoms with Crippen molar-refractivity contribution < 1.29 is 23.9 Å². The third-order valence-corrected chi connectivity index (χ3v) is 4.78.